The van der Waals surface area contributed by atoms with Crippen LogP contribution in [-0.4, -0.2) is 38.3 Å². The van der Waals surface area contributed by atoms with Crippen LogP contribution >= 0.6 is 0 Å². The Hall–Kier alpha value is -1.81. The predicted octanol–water partition coefficient (Wildman–Crippen LogP) is 2.04. The van der Waals surface area contributed by atoms with Crippen LogP contribution in [-0.2, 0) is 0 Å². The Morgan fingerprint density at radius 1 is 1.37 bits per heavy atom. The summed E-state index contributed by atoms with van der Waals surface area (Å²) in [6, 6.07) is 8.77. The van der Waals surface area contributed by atoms with Crippen LogP contribution in [0.5, 0.6) is 5.75 Å². The van der Waals surface area contributed by atoms with Gasteiger partial charge in [0.15, 0.2) is 0 Å². The lowest BCUT2D eigenvalue weighted by atomic mass is 10.1. The number of nitrogens with one attached hydrogen (secondary N) is 1. The van der Waals surface area contributed by atoms with Gasteiger partial charge in [0, 0.05) is 31.1 Å². The molecular formula is C15H19N3O. The maximum atomic E-state index is 5.22. The van der Waals surface area contributed by atoms with Crippen molar-refractivity contribution in [2.75, 3.05) is 32.1 Å². The van der Waals surface area contributed by atoms with Gasteiger partial charge in [-0.15, -0.1) is 0 Å². The Bertz CT molecular complexity index is 579. The molecule has 2 aromatic rings. The fourth-order valence-electron chi connectivity index (χ4n) is 2.59. The molecule has 0 aliphatic carbocycles. The molecule has 4 heteroatoms. The van der Waals surface area contributed by atoms with E-state index in [1.807, 2.05) is 18.3 Å². The zero-order valence-electron chi connectivity index (χ0n) is 11.4. The van der Waals surface area contributed by atoms with Crippen LogP contribution < -0.4 is 15.0 Å². The molecule has 1 aromatic carbocycles. The van der Waals surface area contributed by atoms with Crippen LogP contribution in [0, 0.1) is 0 Å². The van der Waals surface area contributed by atoms with E-state index in [-0.39, 0.29) is 0 Å². The molecule has 2 heterocycles. The molecule has 0 saturated carbocycles. The minimum Gasteiger partial charge on any atom is -0.497 e. The predicted molar refractivity (Wildman–Crippen MR) is 78.0 cm³/mol. The zero-order valence-corrected chi connectivity index (χ0v) is 11.4. The van der Waals surface area contributed by atoms with Gasteiger partial charge in [-0.25, -0.2) is 0 Å². The number of ether oxygens (including phenoxy) is 1. The molecular weight excluding hydrogens is 238 g/mol. The minimum absolute atomic E-state index is 0.567. The third kappa shape index (κ3) is 2.36. The molecule has 100 valence electrons. The molecule has 1 saturated heterocycles. The van der Waals surface area contributed by atoms with Crippen molar-refractivity contribution in [3.63, 3.8) is 0 Å². The second-order valence-electron chi connectivity index (χ2n) is 5.01. The largest absolute Gasteiger partial charge is 0.497 e. The first kappa shape index (κ1) is 12.2. The van der Waals surface area contributed by atoms with E-state index in [0.29, 0.717) is 6.04 Å². The monoisotopic (exact) mass is 257 g/mol. The highest BCUT2D eigenvalue weighted by molar-refractivity contribution is 5.83. The summed E-state index contributed by atoms with van der Waals surface area (Å²) in [4.78, 5) is 6.86. The molecule has 0 unspecified atom stereocenters. The lowest BCUT2D eigenvalue weighted by Crippen LogP contribution is -2.33. The molecule has 4 nitrogen and oxygen atoms in total. The van der Waals surface area contributed by atoms with Gasteiger partial charge in [0.2, 0.25) is 0 Å². The summed E-state index contributed by atoms with van der Waals surface area (Å²) in [6.45, 7) is 2.16. The normalized spacial score (nSPS) is 18.7. The topological polar surface area (TPSA) is 37.4 Å². The quantitative estimate of drug-likeness (QED) is 0.913. The fraction of sp³-hybridized carbons (Fsp3) is 0.400. The molecule has 1 N–H and O–H groups in total. The number of nitrogens with zero attached hydrogens (tertiary/aromatic N) is 2. The molecule has 1 aliphatic rings. The second-order valence-corrected chi connectivity index (χ2v) is 5.01. The first-order valence-corrected chi connectivity index (χ1v) is 6.65. The number of fused-ring (bicyclic) bond motifs is 1. The maximum absolute atomic E-state index is 5.22. The van der Waals surface area contributed by atoms with Crippen LogP contribution in [0.1, 0.15) is 6.42 Å². The van der Waals surface area contributed by atoms with Crippen molar-refractivity contribution in [3.05, 3.63) is 30.5 Å². The Labute approximate surface area is 113 Å². The van der Waals surface area contributed by atoms with E-state index in [0.717, 1.165) is 29.7 Å². The molecule has 0 radical (unpaired) electrons. The number of rotatable bonds is 3. The summed E-state index contributed by atoms with van der Waals surface area (Å²) in [5, 5.41) is 4.55. The first-order chi connectivity index (χ1) is 9.28. The molecule has 0 spiro atoms. The Morgan fingerprint density at radius 2 is 2.26 bits per heavy atom. The summed E-state index contributed by atoms with van der Waals surface area (Å²) >= 11 is 0. The number of hydrogen-bond acceptors (Lipinski definition) is 4. The molecule has 1 aliphatic heterocycles. The summed E-state index contributed by atoms with van der Waals surface area (Å²) in [5.74, 6) is 0.848. The summed E-state index contributed by atoms with van der Waals surface area (Å²) in [5.41, 5.74) is 2.15. The van der Waals surface area contributed by atoms with Crippen LogP contribution in [0.2, 0.25) is 0 Å². The van der Waals surface area contributed by atoms with Crippen molar-refractivity contribution in [1.29, 1.82) is 0 Å². The van der Waals surface area contributed by atoms with Crippen LogP contribution in [0.25, 0.3) is 10.9 Å². The Morgan fingerprint density at radius 3 is 3.00 bits per heavy atom. The highest BCUT2D eigenvalue weighted by atomic mass is 16.5. The Kier molecular flexibility index (Phi) is 3.25. The fourth-order valence-corrected chi connectivity index (χ4v) is 2.59. The van der Waals surface area contributed by atoms with Crippen molar-refractivity contribution in [2.45, 2.75) is 12.5 Å². The Balaban J connectivity index is 1.92. The van der Waals surface area contributed by atoms with Gasteiger partial charge in [0.05, 0.1) is 24.5 Å². The molecule has 0 bridgehead atoms. The average molecular weight is 257 g/mol. The number of anilines is 1. The molecule has 1 aromatic heterocycles. The van der Waals surface area contributed by atoms with E-state index in [4.69, 9.17) is 4.74 Å². The molecule has 0 amide bonds. The second kappa shape index (κ2) is 5.05. The highest BCUT2D eigenvalue weighted by Crippen LogP contribution is 2.24. The lowest BCUT2D eigenvalue weighted by molar-refractivity contribution is 0.415. The van der Waals surface area contributed by atoms with Crippen LogP contribution in [0.15, 0.2) is 30.5 Å². The summed E-state index contributed by atoms with van der Waals surface area (Å²) < 4.78 is 5.22. The van der Waals surface area contributed by atoms with Crippen molar-refractivity contribution in [2.24, 2.45) is 0 Å². The van der Waals surface area contributed by atoms with Crippen LogP contribution in [0.3, 0.4) is 0 Å². The number of aromatic nitrogens is 1. The number of likely N-dealkylation sites (N-methyl/N-ethyl adjacent to an activating group) is 1. The van der Waals surface area contributed by atoms with Crippen molar-refractivity contribution in [1.82, 2.24) is 10.3 Å². The van der Waals surface area contributed by atoms with Crippen molar-refractivity contribution >= 4 is 16.6 Å². The third-order valence-electron chi connectivity index (χ3n) is 3.87. The SMILES string of the molecule is COc1ccc2cc(N(C)[C@H]3CCNC3)cnc2c1. The van der Waals surface area contributed by atoms with Gasteiger partial charge in [-0.2, -0.15) is 0 Å². The van der Waals surface area contributed by atoms with Crippen molar-refractivity contribution < 1.29 is 4.74 Å². The average Bonchev–Trinajstić information content (AvgIpc) is 2.99. The van der Waals surface area contributed by atoms with Gasteiger partial charge in [0.1, 0.15) is 5.75 Å². The van der Waals surface area contributed by atoms with E-state index < -0.39 is 0 Å². The number of pyridine rings is 1. The van der Waals surface area contributed by atoms with Crippen LogP contribution in [0.4, 0.5) is 5.69 Å². The van der Waals surface area contributed by atoms with Gasteiger partial charge in [0.25, 0.3) is 0 Å². The van der Waals surface area contributed by atoms with E-state index in [2.05, 4.69) is 34.4 Å². The standard InChI is InChI=1S/C15H19N3O/c1-18(12-5-6-16-9-12)13-7-11-3-4-14(19-2)8-15(11)17-10-13/h3-4,7-8,10,12,16H,5-6,9H2,1-2H3/t12-/m0/s1. The summed E-state index contributed by atoms with van der Waals surface area (Å²) in [7, 11) is 3.82. The lowest BCUT2D eigenvalue weighted by Gasteiger charge is -2.25. The highest BCUT2D eigenvalue weighted by Gasteiger charge is 2.19. The van der Waals surface area contributed by atoms with E-state index >= 15 is 0 Å². The zero-order chi connectivity index (χ0) is 13.2. The van der Waals surface area contributed by atoms with Crippen molar-refractivity contribution in [3.8, 4) is 5.75 Å². The smallest absolute Gasteiger partial charge is 0.121 e. The van der Waals surface area contributed by atoms with Gasteiger partial charge in [-0.05, 0) is 31.2 Å². The molecule has 1 atom stereocenters. The summed E-state index contributed by atoms with van der Waals surface area (Å²) in [6.07, 6.45) is 3.14. The van der Waals surface area contributed by atoms with E-state index in [1.165, 1.54) is 12.1 Å². The maximum Gasteiger partial charge on any atom is 0.121 e. The van der Waals surface area contributed by atoms with E-state index in [1.54, 1.807) is 7.11 Å². The number of hydrogen-bond donors (Lipinski definition) is 1. The third-order valence-corrected chi connectivity index (χ3v) is 3.87. The minimum atomic E-state index is 0.567. The first-order valence-electron chi connectivity index (χ1n) is 6.65. The molecule has 1 fully saturated rings. The van der Waals surface area contributed by atoms with Gasteiger partial charge < -0.3 is 15.0 Å². The number of benzene rings is 1. The van der Waals surface area contributed by atoms with Gasteiger partial charge >= 0.3 is 0 Å². The van der Waals surface area contributed by atoms with Gasteiger partial charge in [-0.1, -0.05) is 0 Å². The van der Waals surface area contributed by atoms with E-state index in [9.17, 15) is 0 Å². The number of methoxy groups -OCH3 is 1. The molecule has 19 heavy (non-hydrogen) atoms. The molecule has 3 rings (SSSR count). The van der Waals surface area contributed by atoms with Gasteiger partial charge in [-0.3, -0.25) is 4.98 Å².